The molecule has 0 aliphatic heterocycles. The van der Waals surface area contributed by atoms with E-state index in [1.807, 2.05) is 37.3 Å². The third-order valence-electron chi connectivity index (χ3n) is 3.94. The van der Waals surface area contributed by atoms with Crippen LogP contribution < -0.4 is 4.72 Å². The van der Waals surface area contributed by atoms with Crippen molar-refractivity contribution >= 4 is 21.6 Å². The molecule has 1 N–H and O–H groups in total. The Morgan fingerprint density at radius 1 is 1.09 bits per heavy atom. The maximum Gasteiger partial charge on any atom is 0.242 e. The van der Waals surface area contributed by atoms with Crippen LogP contribution in [0, 0.1) is 0 Å². The van der Waals surface area contributed by atoms with Gasteiger partial charge in [0, 0.05) is 13.7 Å². The molecule has 0 saturated heterocycles. The van der Waals surface area contributed by atoms with Gasteiger partial charge in [-0.2, -0.15) is 0 Å². The van der Waals surface area contributed by atoms with Crippen LogP contribution in [0.15, 0.2) is 59.5 Å². The van der Waals surface area contributed by atoms with Crippen molar-refractivity contribution in [2.24, 2.45) is 0 Å². The van der Waals surface area contributed by atoms with E-state index in [0.717, 1.165) is 5.56 Å². The van der Waals surface area contributed by atoms with Crippen molar-refractivity contribution in [2.75, 3.05) is 13.7 Å². The Labute approximate surface area is 142 Å². The molecule has 0 spiro atoms. The summed E-state index contributed by atoms with van der Waals surface area (Å²) in [7, 11) is -2.13. The van der Waals surface area contributed by atoms with E-state index >= 15 is 0 Å². The summed E-state index contributed by atoms with van der Waals surface area (Å²) < 4.78 is 33.3. The predicted octanol–water partition coefficient (Wildman–Crippen LogP) is 3.57. The Kier molecular flexibility index (Phi) is 5.81. The number of nitrogens with one attached hydrogen (secondary N) is 1. The van der Waals surface area contributed by atoms with Gasteiger partial charge in [0.25, 0.3) is 0 Å². The number of hydrogen-bond donors (Lipinski definition) is 1. The largest absolute Gasteiger partial charge is 0.372 e. The number of halogens is 1. The molecule has 0 aliphatic rings. The minimum atomic E-state index is -3.71. The molecule has 0 saturated carbocycles. The summed E-state index contributed by atoms with van der Waals surface area (Å²) in [6.45, 7) is 2.08. The second kappa shape index (κ2) is 7.45. The molecule has 0 amide bonds. The normalized spacial score (nSPS) is 14.4. The number of ether oxygens (including phenoxy) is 1. The average Bonchev–Trinajstić information content (AvgIpc) is 2.57. The summed E-state index contributed by atoms with van der Waals surface area (Å²) >= 11 is 5.99. The Morgan fingerprint density at radius 3 is 2.26 bits per heavy atom. The second-order valence-corrected chi connectivity index (χ2v) is 7.32. The van der Waals surface area contributed by atoms with Crippen LogP contribution in [0.3, 0.4) is 0 Å². The summed E-state index contributed by atoms with van der Waals surface area (Å²) in [5.74, 6) is 0. The van der Waals surface area contributed by atoms with E-state index < -0.39 is 15.6 Å². The van der Waals surface area contributed by atoms with Crippen molar-refractivity contribution in [2.45, 2.75) is 23.8 Å². The molecule has 0 bridgehead atoms. The van der Waals surface area contributed by atoms with Crippen molar-refractivity contribution in [1.82, 2.24) is 4.72 Å². The monoisotopic (exact) mass is 353 g/mol. The van der Waals surface area contributed by atoms with E-state index in [9.17, 15) is 8.42 Å². The first-order valence-electron chi connectivity index (χ1n) is 7.30. The molecule has 4 nitrogen and oxygen atoms in total. The summed E-state index contributed by atoms with van der Waals surface area (Å²) in [6, 6.07) is 15.9. The molecule has 0 aromatic heterocycles. The Balaban J connectivity index is 2.28. The predicted molar refractivity (Wildman–Crippen MR) is 92.1 cm³/mol. The highest BCUT2D eigenvalue weighted by molar-refractivity contribution is 7.89. The van der Waals surface area contributed by atoms with Crippen molar-refractivity contribution in [3.8, 4) is 0 Å². The van der Waals surface area contributed by atoms with Crippen LogP contribution in [0.4, 0.5) is 0 Å². The third-order valence-corrected chi connectivity index (χ3v) is 5.84. The molecular weight excluding hydrogens is 334 g/mol. The second-order valence-electron chi connectivity index (χ2n) is 5.17. The fourth-order valence-electron chi connectivity index (χ4n) is 2.46. The lowest BCUT2D eigenvalue weighted by molar-refractivity contribution is -0.0133. The molecular formula is C17H20ClNO3S. The van der Waals surface area contributed by atoms with Crippen molar-refractivity contribution < 1.29 is 13.2 Å². The Morgan fingerprint density at radius 2 is 1.70 bits per heavy atom. The first-order valence-corrected chi connectivity index (χ1v) is 9.16. The fourth-order valence-corrected chi connectivity index (χ4v) is 4.06. The fraction of sp³-hybridized carbons (Fsp3) is 0.294. The van der Waals surface area contributed by atoms with E-state index in [1.54, 1.807) is 25.3 Å². The molecule has 124 valence electrons. The highest BCUT2D eigenvalue weighted by atomic mass is 35.5. The molecule has 2 aromatic carbocycles. The van der Waals surface area contributed by atoms with Crippen molar-refractivity contribution in [3.63, 3.8) is 0 Å². The molecule has 0 aliphatic carbocycles. The summed E-state index contributed by atoms with van der Waals surface area (Å²) in [6.07, 6.45) is 0.624. The number of benzene rings is 2. The summed E-state index contributed by atoms with van der Waals surface area (Å²) in [5.41, 5.74) is 0.196. The maximum atomic E-state index is 12.5. The van der Waals surface area contributed by atoms with Gasteiger partial charge in [0.15, 0.2) is 0 Å². The molecule has 0 fully saturated rings. The zero-order chi connectivity index (χ0) is 16.9. The van der Waals surface area contributed by atoms with Crippen LogP contribution in [-0.4, -0.2) is 22.1 Å². The molecule has 0 unspecified atom stereocenters. The number of methoxy groups -OCH3 is 1. The van der Waals surface area contributed by atoms with Crippen LogP contribution in [0.1, 0.15) is 18.9 Å². The maximum absolute atomic E-state index is 12.5. The van der Waals surface area contributed by atoms with Gasteiger partial charge in [0.1, 0.15) is 10.5 Å². The van der Waals surface area contributed by atoms with E-state index in [4.69, 9.17) is 16.3 Å². The van der Waals surface area contributed by atoms with Gasteiger partial charge < -0.3 is 4.74 Å². The lowest BCUT2D eigenvalue weighted by atomic mass is 9.91. The van der Waals surface area contributed by atoms with Crippen LogP contribution in [0.5, 0.6) is 0 Å². The van der Waals surface area contributed by atoms with Gasteiger partial charge in [0.2, 0.25) is 10.0 Å². The Bertz CT molecular complexity index is 743. The minimum Gasteiger partial charge on any atom is -0.372 e. The standard InChI is InChI=1S/C17H20ClNO3S/c1-3-17(22-2,14-9-5-4-6-10-14)13-19-23(20,21)16-12-8-7-11-15(16)18/h4-12,19H,3,13H2,1-2H3/t17-/m1/s1. The molecule has 23 heavy (non-hydrogen) atoms. The minimum absolute atomic E-state index is 0.0656. The topological polar surface area (TPSA) is 55.4 Å². The van der Waals surface area contributed by atoms with Crippen LogP contribution in [0.2, 0.25) is 5.02 Å². The van der Waals surface area contributed by atoms with Gasteiger partial charge in [-0.05, 0) is 24.1 Å². The van der Waals surface area contributed by atoms with Gasteiger partial charge in [-0.3, -0.25) is 0 Å². The van der Waals surface area contributed by atoms with Crippen LogP contribution in [0.25, 0.3) is 0 Å². The lowest BCUT2D eigenvalue weighted by Gasteiger charge is -2.32. The highest BCUT2D eigenvalue weighted by Crippen LogP contribution is 2.29. The number of sulfonamides is 1. The molecule has 0 heterocycles. The SMILES string of the molecule is CC[C@](CNS(=O)(=O)c1ccccc1Cl)(OC)c1ccccc1. The zero-order valence-corrected chi connectivity index (χ0v) is 14.7. The van der Waals surface area contributed by atoms with E-state index in [-0.39, 0.29) is 16.5 Å². The van der Waals surface area contributed by atoms with E-state index in [2.05, 4.69) is 4.72 Å². The van der Waals surface area contributed by atoms with Gasteiger partial charge in [-0.1, -0.05) is 61.0 Å². The third kappa shape index (κ3) is 3.93. The van der Waals surface area contributed by atoms with Gasteiger partial charge in [0.05, 0.1) is 5.02 Å². The first-order chi connectivity index (χ1) is 10.9. The van der Waals surface area contributed by atoms with E-state index in [0.29, 0.717) is 6.42 Å². The summed E-state index contributed by atoms with van der Waals surface area (Å²) in [5, 5.41) is 0.194. The first kappa shape index (κ1) is 17.9. The van der Waals surface area contributed by atoms with Gasteiger partial charge in [-0.15, -0.1) is 0 Å². The zero-order valence-electron chi connectivity index (χ0n) is 13.1. The molecule has 2 rings (SSSR count). The van der Waals surface area contributed by atoms with Gasteiger partial charge >= 0.3 is 0 Å². The molecule has 2 aromatic rings. The molecule has 0 radical (unpaired) electrons. The lowest BCUT2D eigenvalue weighted by Crippen LogP contribution is -2.41. The van der Waals surface area contributed by atoms with Crippen molar-refractivity contribution in [1.29, 1.82) is 0 Å². The molecule has 6 heteroatoms. The summed E-state index contributed by atoms with van der Waals surface area (Å²) in [4.78, 5) is 0.0656. The number of rotatable bonds is 7. The molecule has 1 atom stereocenters. The van der Waals surface area contributed by atoms with Crippen molar-refractivity contribution in [3.05, 3.63) is 65.2 Å². The van der Waals surface area contributed by atoms with Crippen LogP contribution >= 0.6 is 11.6 Å². The smallest absolute Gasteiger partial charge is 0.242 e. The van der Waals surface area contributed by atoms with E-state index in [1.165, 1.54) is 6.07 Å². The number of hydrogen-bond acceptors (Lipinski definition) is 3. The highest BCUT2D eigenvalue weighted by Gasteiger charge is 2.32. The van der Waals surface area contributed by atoms with Gasteiger partial charge in [-0.25, -0.2) is 13.1 Å². The Hall–Kier alpha value is -1.40. The van der Waals surface area contributed by atoms with Crippen LogP contribution in [-0.2, 0) is 20.4 Å². The average molecular weight is 354 g/mol. The quantitative estimate of drug-likeness (QED) is 0.827.